The van der Waals surface area contributed by atoms with Gasteiger partial charge in [-0.25, -0.2) is 5.43 Å². The monoisotopic (exact) mass is 340 g/mol. The minimum atomic E-state index is -0.316. The molecule has 0 aliphatic rings. The lowest BCUT2D eigenvalue weighted by Crippen LogP contribution is -2.25. The highest BCUT2D eigenvalue weighted by atomic mass is 16.5. The fourth-order valence-electron chi connectivity index (χ4n) is 2.31. The molecule has 1 N–H and O–H groups in total. The van der Waals surface area contributed by atoms with Crippen molar-refractivity contribution in [2.45, 2.75) is 26.7 Å². The van der Waals surface area contributed by atoms with E-state index in [2.05, 4.69) is 24.4 Å². The van der Waals surface area contributed by atoms with Gasteiger partial charge in [-0.05, 0) is 36.6 Å². The molecule has 2 rings (SSSR count). The van der Waals surface area contributed by atoms with Crippen molar-refractivity contribution in [2.75, 3.05) is 13.2 Å². The summed E-state index contributed by atoms with van der Waals surface area (Å²) >= 11 is 0. The molecule has 0 heterocycles. The predicted molar refractivity (Wildman–Crippen MR) is 99.4 cm³/mol. The lowest BCUT2D eigenvalue weighted by molar-refractivity contribution is -0.123. The van der Waals surface area contributed by atoms with Gasteiger partial charge in [0.1, 0.15) is 11.5 Å². The van der Waals surface area contributed by atoms with E-state index in [0.29, 0.717) is 12.5 Å². The normalized spacial score (nSPS) is 10.9. The quantitative estimate of drug-likeness (QED) is 0.588. The number of nitrogens with one attached hydrogen (secondary N) is 1. The first kappa shape index (κ1) is 18.5. The largest absolute Gasteiger partial charge is 0.493 e. The topological polar surface area (TPSA) is 59.9 Å². The summed E-state index contributed by atoms with van der Waals surface area (Å²) in [6.45, 7) is 6.57. The van der Waals surface area contributed by atoms with Gasteiger partial charge in [0.05, 0.1) is 12.8 Å². The van der Waals surface area contributed by atoms with E-state index in [0.717, 1.165) is 22.6 Å². The Morgan fingerprint density at radius 1 is 1.08 bits per heavy atom. The van der Waals surface area contributed by atoms with Gasteiger partial charge in [0, 0.05) is 5.56 Å². The summed E-state index contributed by atoms with van der Waals surface area (Å²) in [5.41, 5.74) is 4.34. The van der Waals surface area contributed by atoms with Crippen LogP contribution in [0.15, 0.2) is 53.6 Å². The van der Waals surface area contributed by atoms with Crippen LogP contribution >= 0.6 is 0 Å². The summed E-state index contributed by atoms with van der Waals surface area (Å²) in [7, 11) is 0. The summed E-state index contributed by atoms with van der Waals surface area (Å²) in [5, 5.41) is 3.97. The Morgan fingerprint density at radius 3 is 2.48 bits per heavy atom. The second-order valence-corrected chi connectivity index (χ2v) is 5.75. The summed E-state index contributed by atoms with van der Waals surface area (Å²) in [6.07, 6.45) is 1.56. The average Bonchev–Trinajstić information content (AvgIpc) is 2.62. The van der Waals surface area contributed by atoms with Crippen LogP contribution in [0.4, 0.5) is 0 Å². The lowest BCUT2D eigenvalue weighted by atomic mass is 10.0. The maximum absolute atomic E-state index is 11.9. The Bertz CT molecular complexity index is 726. The third-order valence-corrected chi connectivity index (χ3v) is 3.51. The average molecular weight is 340 g/mol. The van der Waals surface area contributed by atoms with Gasteiger partial charge in [-0.2, -0.15) is 5.10 Å². The van der Waals surface area contributed by atoms with Crippen molar-refractivity contribution in [3.05, 3.63) is 59.7 Å². The van der Waals surface area contributed by atoms with Gasteiger partial charge < -0.3 is 9.47 Å². The molecule has 0 saturated heterocycles. The first-order valence-electron chi connectivity index (χ1n) is 8.37. The number of rotatable bonds is 8. The zero-order valence-electron chi connectivity index (χ0n) is 14.9. The van der Waals surface area contributed by atoms with Crippen molar-refractivity contribution >= 4 is 12.1 Å². The molecule has 0 saturated carbocycles. The first-order valence-corrected chi connectivity index (χ1v) is 8.37. The molecule has 0 atom stereocenters. The van der Waals surface area contributed by atoms with E-state index in [9.17, 15) is 4.79 Å². The van der Waals surface area contributed by atoms with Gasteiger partial charge >= 0.3 is 0 Å². The standard InChI is InChI=1S/C20H24N2O3/c1-4-24-18-11-7-5-9-16(18)13-21-22-20(23)14-25-19-12-8-6-10-17(19)15(2)3/h5-13,15H,4,14H2,1-3H3,(H,22,23). The van der Waals surface area contributed by atoms with Crippen LogP contribution in [0, 0.1) is 0 Å². The van der Waals surface area contributed by atoms with E-state index in [1.54, 1.807) is 6.21 Å². The summed E-state index contributed by atoms with van der Waals surface area (Å²) in [4.78, 5) is 11.9. The molecule has 0 unspecified atom stereocenters. The van der Waals surface area contributed by atoms with Crippen LogP contribution in [0.25, 0.3) is 0 Å². The number of carbonyl (C=O) groups is 1. The van der Waals surface area contributed by atoms with Crippen LogP contribution in [-0.2, 0) is 4.79 Å². The molecule has 5 nitrogen and oxygen atoms in total. The molecule has 132 valence electrons. The van der Waals surface area contributed by atoms with Crippen molar-refractivity contribution in [3.63, 3.8) is 0 Å². The predicted octanol–water partition coefficient (Wildman–Crippen LogP) is 3.74. The fraction of sp³-hybridized carbons (Fsp3) is 0.300. The number of hydrogen-bond acceptors (Lipinski definition) is 4. The molecule has 2 aromatic carbocycles. The van der Waals surface area contributed by atoms with Gasteiger partial charge in [0.25, 0.3) is 5.91 Å². The zero-order chi connectivity index (χ0) is 18.1. The van der Waals surface area contributed by atoms with E-state index in [4.69, 9.17) is 9.47 Å². The molecule has 25 heavy (non-hydrogen) atoms. The van der Waals surface area contributed by atoms with Crippen molar-refractivity contribution < 1.29 is 14.3 Å². The second-order valence-electron chi connectivity index (χ2n) is 5.75. The summed E-state index contributed by atoms with van der Waals surface area (Å²) in [5.74, 6) is 1.46. The van der Waals surface area contributed by atoms with Crippen molar-refractivity contribution in [2.24, 2.45) is 5.10 Å². The number of benzene rings is 2. The van der Waals surface area contributed by atoms with Gasteiger partial charge in [0.2, 0.25) is 0 Å². The van der Waals surface area contributed by atoms with Gasteiger partial charge in [-0.15, -0.1) is 0 Å². The third kappa shape index (κ3) is 5.64. The minimum Gasteiger partial charge on any atom is -0.493 e. The van der Waals surface area contributed by atoms with Crippen molar-refractivity contribution in [1.82, 2.24) is 5.43 Å². The van der Waals surface area contributed by atoms with Crippen LogP contribution in [-0.4, -0.2) is 25.3 Å². The number of carbonyl (C=O) groups excluding carboxylic acids is 1. The van der Waals surface area contributed by atoms with E-state index < -0.39 is 0 Å². The Morgan fingerprint density at radius 2 is 1.76 bits per heavy atom. The Kier molecular flexibility index (Phi) is 7.01. The van der Waals surface area contributed by atoms with Crippen LogP contribution < -0.4 is 14.9 Å². The molecule has 0 aromatic heterocycles. The maximum Gasteiger partial charge on any atom is 0.277 e. The Balaban J connectivity index is 1.89. The molecule has 0 aliphatic heterocycles. The smallest absolute Gasteiger partial charge is 0.277 e. The number of nitrogens with zero attached hydrogens (tertiary/aromatic N) is 1. The first-order chi connectivity index (χ1) is 12.1. The van der Waals surface area contributed by atoms with Crippen LogP contribution in [0.3, 0.4) is 0 Å². The number of ether oxygens (including phenoxy) is 2. The Labute approximate surface area is 148 Å². The molecule has 5 heteroatoms. The van der Waals surface area contributed by atoms with Crippen LogP contribution in [0.2, 0.25) is 0 Å². The SMILES string of the molecule is CCOc1ccccc1C=NNC(=O)COc1ccccc1C(C)C. The van der Waals surface area contributed by atoms with Crippen molar-refractivity contribution in [3.8, 4) is 11.5 Å². The fourth-order valence-corrected chi connectivity index (χ4v) is 2.31. The van der Waals surface area contributed by atoms with Gasteiger partial charge in [0.15, 0.2) is 6.61 Å². The third-order valence-electron chi connectivity index (χ3n) is 3.51. The highest BCUT2D eigenvalue weighted by Crippen LogP contribution is 2.25. The molecular formula is C20H24N2O3. The van der Waals surface area contributed by atoms with E-state index in [1.807, 2.05) is 55.5 Å². The highest BCUT2D eigenvalue weighted by molar-refractivity contribution is 5.85. The molecule has 2 aromatic rings. The molecule has 0 spiro atoms. The lowest BCUT2D eigenvalue weighted by Gasteiger charge is -2.13. The minimum absolute atomic E-state index is 0.0891. The summed E-state index contributed by atoms with van der Waals surface area (Å²) in [6, 6.07) is 15.2. The van der Waals surface area contributed by atoms with Crippen LogP contribution in [0.5, 0.6) is 11.5 Å². The second kappa shape index (κ2) is 9.47. The molecule has 1 amide bonds. The molecular weight excluding hydrogens is 316 g/mol. The van der Waals surface area contributed by atoms with Crippen molar-refractivity contribution in [1.29, 1.82) is 0 Å². The number of hydrogen-bond donors (Lipinski definition) is 1. The number of para-hydroxylation sites is 2. The van der Waals surface area contributed by atoms with Crippen LogP contribution in [0.1, 0.15) is 37.8 Å². The molecule has 0 bridgehead atoms. The van der Waals surface area contributed by atoms with E-state index in [1.165, 1.54) is 0 Å². The number of amides is 1. The van der Waals surface area contributed by atoms with E-state index >= 15 is 0 Å². The van der Waals surface area contributed by atoms with Gasteiger partial charge in [-0.3, -0.25) is 4.79 Å². The number of hydrazone groups is 1. The summed E-state index contributed by atoms with van der Waals surface area (Å²) < 4.78 is 11.1. The molecule has 0 fully saturated rings. The Hall–Kier alpha value is -2.82. The molecule has 0 aliphatic carbocycles. The zero-order valence-corrected chi connectivity index (χ0v) is 14.9. The maximum atomic E-state index is 11.9. The van der Waals surface area contributed by atoms with E-state index in [-0.39, 0.29) is 12.5 Å². The van der Waals surface area contributed by atoms with Gasteiger partial charge in [-0.1, -0.05) is 44.2 Å². The molecule has 0 radical (unpaired) electrons. The highest BCUT2D eigenvalue weighted by Gasteiger charge is 2.08.